The summed E-state index contributed by atoms with van der Waals surface area (Å²) in [6.45, 7) is 1.83. The first-order valence-electron chi connectivity index (χ1n) is 7.21. The zero-order valence-corrected chi connectivity index (χ0v) is 11.5. The first-order chi connectivity index (χ1) is 9.15. The Bertz CT molecular complexity index is 438. The number of hydrogen-bond acceptors (Lipinski definition) is 1. The van der Waals surface area contributed by atoms with Gasteiger partial charge >= 0.3 is 0 Å². The molecular weight excluding hydrogens is 241 g/mol. The van der Waals surface area contributed by atoms with Crippen LogP contribution >= 0.6 is 0 Å². The van der Waals surface area contributed by atoms with Gasteiger partial charge in [-0.2, -0.15) is 0 Å². The second-order valence-corrected chi connectivity index (χ2v) is 5.57. The van der Waals surface area contributed by atoms with E-state index in [0.29, 0.717) is 18.0 Å². The third kappa shape index (κ3) is 4.34. The summed E-state index contributed by atoms with van der Waals surface area (Å²) in [5, 5.41) is 2.66. The molecule has 0 radical (unpaired) electrons. The summed E-state index contributed by atoms with van der Waals surface area (Å²) in [5.41, 5.74) is 1.15. The van der Waals surface area contributed by atoms with Gasteiger partial charge in [0, 0.05) is 6.42 Å². The summed E-state index contributed by atoms with van der Waals surface area (Å²) < 4.78 is 13.6. The van der Waals surface area contributed by atoms with E-state index in [4.69, 9.17) is 0 Å². The number of nitrogens with one attached hydrogen (secondary N) is 1. The molecule has 0 saturated heterocycles. The number of hydrogen-bond donors (Lipinski definition) is 1. The van der Waals surface area contributed by atoms with Crippen molar-refractivity contribution in [2.75, 3.05) is 5.32 Å². The maximum atomic E-state index is 13.6. The van der Waals surface area contributed by atoms with Crippen LogP contribution in [0.1, 0.15) is 50.5 Å². The van der Waals surface area contributed by atoms with E-state index in [1.807, 2.05) is 6.92 Å². The van der Waals surface area contributed by atoms with Crippen molar-refractivity contribution in [2.24, 2.45) is 5.92 Å². The molecule has 0 aromatic heterocycles. The molecule has 104 valence electrons. The van der Waals surface area contributed by atoms with Crippen molar-refractivity contribution in [3.63, 3.8) is 0 Å². The number of carbonyl (C=O) groups excluding carboxylic acids is 1. The molecule has 0 atom stereocenters. The first kappa shape index (κ1) is 14.0. The fourth-order valence-electron chi connectivity index (χ4n) is 2.75. The van der Waals surface area contributed by atoms with Crippen LogP contribution in [0.2, 0.25) is 0 Å². The standard InChI is InChI=1S/C16H22FNO/c1-12-7-9-15(14(17)11-12)18-16(19)10-8-13-5-3-2-4-6-13/h7,9,11,13H,2-6,8,10H2,1H3,(H,18,19). The predicted molar refractivity (Wildman–Crippen MR) is 75.6 cm³/mol. The van der Waals surface area contributed by atoms with E-state index in [1.54, 1.807) is 12.1 Å². The molecule has 3 heteroatoms. The average molecular weight is 263 g/mol. The molecule has 1 aliphatic rings. The molecule has 1 aromatic carbocycles. The minimum Gasteiger partial charge on any atom is -0.324 e. The molecule has 1 N–H and O–H groups in total. The van der Waals surface area contributed by atoms with E-state index in [0.717, 1.165) is 12.0 Å². The summed E-state index contributed by atoms with van der Waals surface area (Å²) in [6, 6.07) is 4.87. The van der Waals surface area contributed by atoms with Gasteiger partial charge in [-0.15, -0.1) is 0 Å². The monoisotopic (exact) mass is 263 g/mol. The van der Waals surface area contributed by atoms with E-state index >= 15 is 0 Å². The Morgan fingerprint density at radius 3 is 2.74 bits per heavy atom. The molecule has 0 aliphatic heterocycles. The highest BCUT2D eigenvalue weighted by molar-refractivity contribution is 5.90. The van der Waals surface area contributed by atoms with Crippen molar-refractivity contribution in [3.05, 3.63) is 29.6 Å². The molecule has 1 aromatic rings. The Balaban J connectivity index is 1.80. The van der Waals surface area contributed by atoms with E-state index in [1.165, 1.54) is 38.2 Å². The lowest BCUT2D eigenvalue weighted by atomic mass is 9.86. The average Bonchev–Trinajstić information content (AvgIpc) is 2.41. The van der Waals surface area contributed by atoms with Crippen LogP contribution < -0.4 is 5.32 Å². The second kappa shape index (κ2) is 6.69. The first-order valence-corrected chi connectivity index (χ1v) is 7.21. The van der Waals surface area contributed by atoms with Gasteiger partial charge in [0.25, 0.3) is 0 Å². The highest BCUT2D eigenvalue weighted by atomic mass is 19.1. The Morgan fingerprint density at radius 2 is 2.05 bits per heavy atom. The van der Waals surface area contributed by atoms with Crippen molar-refractivity contribution in [1.82, 2.24) is 0 Å². The van der Waals surface area contributed by atoms with E-state index in [2.05, 4.69) is 5.32 Å². The van der Waals surface area contributed by atoms with Gasteiger partial charge in [-0.3, -0.25) is 4.79 Å². The van der Waals surface area contributed by atoms with Crippen molar-refractivity contribution in [3.8, 4) is 0 Å². The number of halogens is 1. The molecule has 1 fully saturated rings. The predicted octanol–water partition coefficient (Wildman–Crippen LogP) is 4.43. The molecule has 1 amide bonds. The second-order valence-electron chi connectivity index (χ2n) is 5.57. The smallest absolute Gasteiger partial charge is 0.224 e. The number of carbonyl (C=O) groups is 1. The van der Waals surface area contributed by atoms with Gasteiger partial charge in [-0.1, -0.05) is 38.2 Å². The molecule has 0 unspecified atom stereocenters. The minimum atomic E-state index is -0.356. The third-order valence-electron chi connectivity index (χ3n) is 3.90. The largest absolute Gasteiger partial charge is 0.324 e. The molecule has 0 bridgehead atoms. The van der Waals surface area contributed by atoms with Gasteiger partial charge in [-0.05, 0) is 37.0 Å². The Hall–Kier alpha value is -1.38. The van der Waals surface area contributed by atoms with Crippen molar-refractivity contribution in [1.29, 1.82) is 0 Å². The lowest BCUT2D eigenvalue weighted by Gasteiger charge is -2.21. The molecule has 19 heavy (non-hydrogen) atoms. The quantitative estimate of drug-likeness (QED) is 0.855. The summed E-state index contributed by atoms with van der Waals surface area (Å²) in [7, 11) is 0. The molecule has 0 spiro atoms. The van der Waals surface area contributed by atoms with Crippen LogP contribution in [-0.2, 0) is 4.79 Å². The molecule has 1 aliphatic carbocycles. The minimum absolute atomic E-state index is 0.0756. The van der Waals surface area contributed by atoms with E-state index in [9.17, 15) is 9.18 Å². The van der Waals surface area contributed by atoms with Crippen molar-refractivity contribution in [2.45, 2.75) is 51.9 Å². The maximum absolute atomic E-state index is 13.6. The summed E-state index contributed by atoms with van der Waals surface area (Å²) in [4.78, 5) is 11.8. The van der Waals surface area contributed by atoms with E-state index in [-0.39, 0.29) is 11.7 Å². The Morgan fingerprint density at radius 1 is 1.32 bits per heavy atom. The summed E-state index contributed by atoms with van der Waals surface area (Å²) in [5.74, 6) is 0.252. The molecule has 1 saturated carbocycles. The van der Waals surface area contributed by atoms with Crippen LogP contribution in [0.25, 0.3) is 0 Å². The molecule has 0 heterocycles. The zero-order valence-electron chi connectivity index (χ0n) is 11.5. The number of rotatable bonds is 4. The fourth-order valence-corrected chi connectivity index (χ4v) is 2.75. The summed E-state index contributed by atoms with van der Waals surface area (Å²) >= 11 is 0. The van der Waals surface area contributed by atoms with Crippen LogP contribution in [0.4, 0.5) is 10.1 Å². The highest BCUT2D eigenvalue weighted by Gasteiger charge is 2.15. The van der Waals surface area contributed by atoms with Crippen molar-refractivity contribution < 1.29 is 9.18 Å². The normalized spacial score (nSPS) is 16.3. The fraction of sp³-hybridized carbons (Fsp3) is 0.562. The number of anilines is 1. The van der Waals surface area contributed by atoms with Crippen LogP contribution in [0.5, 0.6) is 0 Å². The van der Waals surface area contributed by atoms with Crippen LogP contribution in [0.3, 0.4) is 0 Å². The van der Waals surface area contributed by atoms with E-state index < -0.39 is 0 Å². The number of benzene rings is 1. The van der Waals surface area contributed by atoms with Gasteiger partial charge in [0.2, 0.25) is 5.91 Å². The molecule has 2 rings (SSSR count). The van der Waals surface area contributed by atoms with Crippen LogP contribution in [-0.4, -0.2) is 5.91 Å². The lowest BCUT2D eigenvalue weighted by molar-refractivity contribution is -0.116. The molecular formula is C16H22FNO. The number of amides is 1. The molecule has 2 nitrogen and oxygen atoms in total. The van der Waals surface area contributed by atoms with Gasteiger partial charge in [0.15, 0.2) is 0 Å². The SMILES string of the molecule is Cc1ccc(NC(=O)CCC2CCCCC2)c(F)c1. The topological polar surface area (TPSA) is 29.1 Å². The van der Waals surface area contributed by atoms with Crippen molar-refractivity contribution >= 4 is 11.6 Å². The van der Waals surface area contributed by atoms with Gasteiger partial charge < -0.3 is 5.32 Å². The summed E-state index contributed by atoms with van der Waals surface area (Å²) in [6.07, 6.45) is 7.82. The number of aryl methyl sites for hydroxylation is 1. The Labute approximate surface area is 114 Å². The van der Waals surface area contributed by atoms with Crippen LogP contribution in [0.15, 0.2) is 18.2 Å². The zero-order chi connectivity index (χ0) is 13.7. The van der Waals surface area contributed by atoms with Gasteiger partial charge in [0.05, 0.1) is 5.69 Å². The highest BCUT2D eigenvalue weighted by Crippen LogP contribution is 2.27. The third-order valence-corrected chi connectivity index (χ3v) is 3.90. The maximum Gasteiger partial charge on any atom is 0.224 e. The van der Waals surface area contributed by atoms with Gasteiger partial charge in [-0.25, -0.2) is 4.39 Å². The Kier molecular flexibility index (Phi) is 4.94. The van der Waals surface area contributed by atoms with Crippen LogP contribution in [0, 0.1) is 18.7 Å². The van der Waals surface area contributed by atoms with Gasteiger partial charge in [0.1, 0.15) is 5.82 Å². The lowest BCUT2D eigenvalue weighted by Crippen LogP contribution is -2.15.